The topological polar surface area (TPSA) is 75.6 Å². The van der Waals surface area contributed by atoms with Crippen molar-refractivity contribution in [2.75, 3.05) is 5.32 Å². The van der Waals surface area contributed by atoms with E-state index in [1.165, 1.54) is 0 Å². The molecular formula is C19H17N5O. The lowest BCUT2D eigenvalue weighted by Gasteiger charge is -2.03. The molecule has 4 rings (SSSR count). The van der Waals surface area contributed by atoms with Gasteiger partial charge in [-0.25, -0.2) is 9.67 Å². The Morgan fingerprint density at radius 3 is 2.88 bits per heavy atom. The first-order chi connectivity index (χ1) is 12.2. The Kier molecular flexibility index (Phi) is 3.78. The number of pyridine rings is 1. The molecule has 0 bridgehead atoms. The van der Waals surface area contributed by atoms with Crippen molar-refractivity contribution < 1.29 is 4.79 Å². The maximum absolute atomic E-state index is 12.4. The van der Waals surface area contributed by atoms with Gasteiger partial charge in [-0.2, -0.15) is 5.10 Å². The van der Waals surface area contributed by atoms with Crippen molar-refractivity contribution in [2.24, 2.45) is 0 Å². The van der Waals surface area contributed by atoms with Gasteiger partial charge in [0.15, 0.2) is 0 Å². The minimum Gasteiger partial charge on any atom is -0.346 e. The summed E-state index contributed by atoms with van der Waals surface area (Å²) in [5.74, 6) is -0.0829. The highest BCUT2D eigenvalue weighted by Gasteiger charge is 2.12. The molecular weight excluding hydrogens is 314 g/mol. The fourth-order valence-corrected chi connectivity index (χ4v) is 2.82. The first-order valence-corrected chi connectivity index (χ1v) is 8.03. The molecule has 0 atom stereocenters. The summed E-state index contributed by atoms with van der Waals surface area (Å²) in [6.07, 6.45) is 5.67. The summed E-state index contributed by atoms with van der Waals surface area (Å²) in [6.45, 7) is 1.88. The lowest BCUT2D eigenvalue weighted by atomic mass is 10.1. The molecule has 6 heteroatoms. The third kappa shape index (κ3) is 3.01. The number of fused-ring (bicyclic) bond motifs is 1. The van der Waals surface area contributed by atoms with E-state index in [2.05, 4.69) is 20.4 Å². The highest BCUT2D eigenvalue weighted by molar-refractivity contribution is 5.95. The zero-order chi connectivity index (χ0) is 17.2. The van der Waals surface area contributed by atoms with E-state index in [-0.39, 0.29) is 12.3 Å². The maximum atomic E-state index is 12.4. The van der Waals surface area contributed by atoms with Crippen molar-refractivity contribution in [2.45, 2.75) is 13.3 Å². The molecule has 1 amide bonds. The number of nitrogens with one attached hydrogen (secondary N) is 2. The number of para-hydroxylation sites is 1. The van der Waals surface area contributed by atoms with E-state index in [9.17, 15) is 4.79 Å². The number of nitrogens with zero attached hydrogens (tertiary/aromatic N) is 3. The van der Waals surface area contributed by atoms with Crippen LogP contribution in [0.2, 0.25) is 0 Å². The van der Waals surface area contributed by atoms with Crippen molar-refractivity contribution >= 4 is 22.6 Å². The standard InChI is InChI=1S/C19H17N5O/c1-13-17(12-24(23-13)15-6-3-2-4-7-15)22-18(25)10-14-11-21-19-16(14)8-5-9-20-19/h2-9,11-12H,10H2,1H3,(H,20,21)(H,22,25). The van der Waals surface area contributed by atoms with Crippen LogP contribution in [-0.4, -0.2) is 25.7 Å². The fraction of sp³-hybridized carbons (Fsp3) is 0.105. The summed E-state index contributed by atoms with van der Waals surface area (Å²) in [4.78, 5) is 19.8. The minimum absolute atomic E-state index is 0.0829. The van der Waals surface area contributed by atoms with Gasteiger partial charge in [-0.05, 0) is 36.8 Å². The molecule has 0 saturated heterocycles. The second-order valence-corrected chi connectivity index (χ2v) is 5.85. The normalized spacial score (nSPS) is 10.9. The second-order valence-electron chi connectivity index (χ2n) is 5.85. The van der Waals surface area contributed by atoms with Gasteiger partial charge >= 0.3 is 0 Å². The summed E-state index contributed by atoms with van der Waals surface area (Å²) >= 11 is 0. The monoisotopic (exact) mass is 331 g/mol. The predicted molar refractivity (Wildman–Crippen MR) is 96.7 cm³/mol. The van der Waals surface area contributed by atoms with E-state index in [1.54, 1.807) is 10.9 Å². The van der Waals surface area contributed by atoms with Gasteiger partial charge in [0.1, 0.15) is 5.65 Å². The molecule has 0 aliphatic rings. The van der Waals surface area contributed by atoms with E-state index < -0.39 is 0 Å². The molecule has 2 N–H and O–H groups in total. The third-order valence-electron chi connectivity index (χ3n) is 4.08. The van der Waals surface area contributed by atoms with Gasteiger partial charge in [-0.1, -0.05) is 18.2 Å². The van der Waals surface area contributed by atoms with E-state index in [0.717, 1.165) is 28.0 Å². The summed E-state index contributed by atoms with van der Waals surface area (Å²) < 4.78 is 1.76. The number of aromatic nitrogens is 4. The second kappa shape index (κ2) is 6.24. The van der Waals surface area contributed by atoms with Gasteiger partial charge in [0.05, 0.1) is 29.7 Å². The number of amides is 1. The summed E-state index contributed by atoms with van der Waals surface area (Å²) in [7, 11) is 0. The highest BCUT2D eigenvalue weighted by atomic mass is 16.1. The number of carbonyl (C=O) groups is 1. The van der Waals surface area contributed by atoms with Crippen molar-refractivity contribution in [3.8, 4) is 5.69 Å². The van der Waals surface area contributed by atoms with Crippen LogP contribution < -0.4 is 5.32 Å². The largest absolute Gasteiger partial charge is 0.346 e. The predicted octanol–water partition coefficient (Wildman–Crippen LogP) is 3.24. The molecule has 0 saturated carbocycles. The summed E-state index contributed by atoms with van der Waals surface area (Å²) in [5.41, 5.74) is 4.16. The Hall–Kier alpha value is -3.41. The van der Waals surface area contributed by atoms with Gasteiger partial charge in [0.2, 0.25) is 5.91 Å². The van der Waals surface area contributed by atoms with Crippen LogP contribution in [0.5, 0.6) is 0 Å². The molecule has 0 aliphatic heterocycles. The lowest BCUT2D eigenvalue weighted by Crippen LogP contribution is -2.14. The molecule has 4 aromatic rings. The Morgan fingerprint density at radius 1 is 1.20 bits per heavy atom. The molecule has 3 aromatic heterocycles. The van der Waals surface area contributed by atoms with Gasteiger partial charge in [0.25, 0.3) is 0 Å². The molecule has 25 heavy (non-hydrogen) atoms. The van der Waals surface area contributed by atoms with E-state index >= 15 is 0 Å². The van der Waals surface area contributed by atoms with Crippen LogP contribution in [0.4, 0.5) is 5.69 Å². The van der Waals surface area contributed by atoms with Crippen LogP contribution in [0.1, 0.15) is 11.3 Å². The zero-order valence-electron chi connectivity index (χ0n) is 13.7. The van der Waals surface area contributed by atoms with Crippen molar-refractivity contribution in [3.05, 3.63) is 72.3 Å². The van der Waals surface area contributed by atoms with Gasteiger partial charge in [0, 0.05) is 17.8 Å². The minimum atomic E-state index is -0.0829. The molecule has 0 fully saturated rings. The van der Waals surface area contributed by atoms with Crippen LogP contribution in [0.25, 0.3) is 16.7 Å². The van der Waals surface area contributed by atoms with Crippen molar-refractivity contribution in [1.29, 1.82) is 0 Å². The number of carbonyl (C=O) groups excluding carboxylic acids is 1. The lowest BCUT2D eigenvalue weighted by molar-refractivity contribution is -0.115. The number of aromatic amines is 1. The van der Waals surface area contributed by atoms with E-state index in [0.29, 0.717) is 5.69 Å². The zero-order valence-corrected chi connectivity index (χ0v) is 13.7. The Morgan fingerprint density at radius 2 is 2.04 bits per heavy atom. The molecule has 0 spiro atoms. The Bertz CT molecular complexity index is 1030. The first-order valence-electron chi connectivity index (χ1n) is 8.03. The average Bonchev–Trinajstić information content (AvgIpc) is 3.20. The molecule has 0 unspecified atom stereocenters. The Labute approximate surface area is 144 Å². The van der Waals surface area contributed by atoms with Crippen molar-refractivity contribution in [3.63, 3.8) is 0 Å². The van der Waals surface area contributed by atoms with Crippen LogP contribution in [0.15, 0.2) is 61.1 Å². The van der Waals surface area contributed by atoms with Gasteiger partial charge < -0.3 is 10.3 Å². The highest BCUT2D eigenvalue weighted by Crippen LogP contribution is 2.19. The van der Waals surface area contributed by atoms with Crippen LogP contribution in [0, 0.1) is 6.92 Å². The van der Waals surface area contributed by atoms with E-state index in [4.69, 9.17) is 0 Å². The number of aryl methyl sites for hydroxylation is 1. The molecule has 3 heterocycles. The van der Waals surface area contributed by atoms with Crippen LogP contribution in [-0.2, 0) is 11.2 Å². The average molecular weight is 331 g/mol. The number of hydrogen-bond donors (Lipinski definition) is 2. The Balaban J connectivity index is 1.52. The summed E-state index contributed by atoms with van der Waals surface area (Å²) in [5, 5.41) is 8.38. The van der Waals surface area contributed by atoms with Crippen LogP contribution >= 0.6 is 0 Å². The number of benzene rings is 1. The first kappa shape index (κ1) is 15.1. The van der Waals surface area contributed by atoms with Crippen molar-refractivity contribution in [1.82, 2.24) is 19.7 Å². The smallest absolute Gasteiger partial charge is 0.228 e. The number of anilines is 1. The molecule has 1 aromatic carbocycles. The maximum Gasteiger partial charge on any atom is 0.228 e. The summed E-state index contributed by atoms with van der Waals surface area (Å²) in [6, 6.07) is 13.6. The SMILES string of the molecule is Cc1nn(-c2ccccc2)cc1NC(=O)Cc1c[nH]c2ncccc12. The molecule has 0 aliphatic carbocycles. The molecule has 6 nitrogen and oxygen atoms in total. The quantitative estimate of drug-likeness (QED) is 0.603. The number of H-pyrrole nitrogens is 1. The number of hydrogen-bond acceptors (Lipinski definition) is 3. The molecule has 124 valence electrons. The van der Waals surface area contributed by atoms with Gasteiger partial charge in [-0.3, -0.25) is 4.79 Å². The number of rotatable bonds is 4. The van der Waals surface area contributed by atoms with Crippen LogP contribution in [0.3, 0.4) is 0 Å². The fourth-order valence-electron chi connectivity index (χ4n) is 2.82. The van der Waals surface area contributed by atoms with Gasteiger partial charge in [-0.15, -0.1) is 0 Å². The van der Waals surface area contributed by atoms with E-state index in [1.807, 2.05) is 61.8 Å². The third-order valence-corrected chi connectivity index (χ3v) is 4.08. The molecule has 0 radical (unpaired) electrons.